The minimum atomic E-state index is -0.745. The molecule has 4 nitrogen and oxygen atoms in total. The molecule has 0 N–H and O–H groups in total. The average molecular weight is 410 g/mol. The highest BCUT2D eigenvalue weighted by molar-refractivity contribution is 5.91. The fraction of sp³-hybridized carbons (Fsp3) is 0.440. The molecular formula is C25H28FNO3. The van der Waals surface area contributed by atoms with E-state index in [1.54, 1.807) is 24.3 Å². The Kier molecular flexibility index (Phi) is 7.84. The van der Waals surface area contributed by atoms with E-state index < -0.39 is 11.8 Å². The zero-order valence-corrected chi connectivity index (χ0v) is 17.4. The van der Waals surface area contributed by atoms with Crippen molar-refractivity contribution in [2.24, 2.45) is 11.8 Å². The summed E-state index contributed by atoms with van der Waals surface area (Å²) >= 11 is 0. The summed E-state index contributed by atoms with van der Waals surface area (Å²) in [6, 6.07) is 12.2. The first-order valence-electron chi connectivity index (χ1n) is 10.7. The van der Waals surface area contributed by atoms with Gasteiger partial charge in [0.2, 0.25) is 0 Å². The molecule has 30 heavy (non-hydrogen) atoms. The third-order valence-corrected chi connectivity index (χ3v) is 5.92. The van der Waals surface area contributed by atoms with Crippen LogP contribution >= 0.6 is 0 Å². The summed E-state index contributed by atoms with van der Waals surface area (Å²) in [4.78, 5) is 12.2. The summed E-state index contributed by atoms with van der Waals surface area (Å²) in [5.41, 5.74) is 0.473. The standard InChI is InChI=1S/C25H28FNO3/c1-2-18-5-7-19(8-6-18)4-3-15-29-22-12-10-21(11-13-22)25(28)30-24-14-9-20(17-27)16-23(24)26/h9-14,16,18-19H,2-8,15H2,1H3/t18-,19-. The lowest BCUT2D eigenvalue weighted by Crippen LogP contribution is -2.14. The number of rotatable bonds is 8. The van der Waals surface area contributed by atoms with Gasteiger partial charge >= 0.3 is 5.97 Å². The first-order valence-corrected chi connectivity index (χ1v) is 10.7. The summed E-state index contributed by atoms with van der Waals surface area (Å²) in [7, 11) is 0. The number of benzene rings is 2. The quantitative estimate of drug-likeness (QED) is 0.292. The maximum absolute atomic E-state index is 13.9. The summed E-state index contributed by atoms with van der Waals surface area (Å²) in [6.07, 6.45) is 8.96. The molecule has 2 aromatic carbocycles. The molecule has 1 aliphatic rings. The van der Waals surface area contributed by atoms with Gasteiger partial charge in [0, 0.05) is 0 Å². The average Bonchev–Trinajstić information content (AvgIpc) is 2.78. The molecule has 0 aromatic heterocycles. The minimum Gasteiger partial charge on any atom is -0.494 e. The zero-order valence-electron chi connectivity index (χ0n) is 17.4. The summed E-state index contributed by atoms with van der Waals surface area (Å²) in [6.45, 7) is 2.95. The normalized spacial score (nSPS) is 18.4. The Balaban J connectivity index is 1.42. The number of carbonyl (C=O) groups is 1. The van der Waals surface area contributed by atoms with E-state index in [1.165, 1.54) is 50.7 Å². The Bertz CT molecular complexity index is 880. The van der Waals surface area contributed by atoms with Crippen LogP contribution in [0.1, 0.15) is 67.8 Å². The third kappa shape index (κ3) is 6.06. The van der Waals surface area contributed by atoms with Crippen molar-refractivity contribution < 1.29 is 18.7 Å². The summed E-state index contributed by atoms with van der Waals surface area (Å²) < 4.78 is 24.8. The fourth-order valence-electron chi connectivity index (χ4n) is 3.99. The molecule has 0 atom stereocenters. The molecule has 0 bridgehead atoms. The van der Waals surface area contributed by atoms with Gasteiger partial charge in [-0.05, 0) is 67.1 Å². The van der Waals surface area contributed by atoms with Gasteiger partial charge in [0.15, 0.2) is 11.6 Å². The van der Waals surface area contributed by atoms with Gasteiger partial charge < -0.3 is 9.47 Å². The lowest BCUT2D eigenvalue weighted by Gasteiger charge is -2.27. The van der Waals surface area contributed by atoms with Crippen molar-refractivity contribution >= 4 is 5.97 Å². The van der Waals surface area contributed by atoms with Crippen LogP contribution in [0.15, 0.2) is 42.5 Å². The van der Waals surface area contributed by atoms with Crippen LogP contribution in [0.3, 0.4) is 0 Å². The van der Waals surface area contributed by atoms with Crippen LogP contribution in [-0.4, -0.2) is 12.6 Å². The monoisotopic (exact) mass is 409 g/mol. The molecule has 1 saturated carbocycles. The number of esters is 1. The zero-order chi connectivity index (χ0) is 21.3. The first kappa shape index (κ1) is 21.8. The lowest BCUT2D eigenvalue weighted by molar-refractivity contribution is 0.0728. The van der Waals surface area contributed by atoms with Gasteiger partial charge in [-0.15, -0.1) is 0 Å². The molecule has 0 aliphatic heterocycles. The molecule has 0 radical (unpaired) electrons. The number of carbonyl (C=O) groups excluding carboxylic acids is 1. The molecule has 1 fully saturated rings. The lowest BCUT2D eigenvalue weighted by atomic mass is 9.79. The third-order valence-electron chi connectivity index (χ3n) is 5.92. The molecule has 0 unspecified atom stereocenters. The number of halogens is 1. The number of hydrogen-bond acceptors (Lipinski definition) is 4. The van der Waals surface area contributed by atoms with Crippen LogP contribution in [0.5, 0.6) is 11.5 Å². The second kappa shape index (κ2) is 10.8. The van der Waals surface area contributed by atoms with Gasteiger partial charge in [0.05, 0.1) is 23.8 Å². The molecule has 0 saturated heterocycles. The van der Waals surface area contributed by atoms with Crippen LogP contribution in [0.2, 0.25) is 0 Å². The minimum absolute atomic E-state index is 0.169. The molecule has 3 rings (SSSR count). The second-order valence-corrected chi connectivity index (χ2v) is 7.96. The van der Waals surface area contributed by atoms with Crippen LogP contribution in [0.25, 0.3) is 0 Å². The molecule has 5 heteroatoms. The highest BCUT2D eigenvalue weighted by atomic mass is 19.1. The molecule has 158 valence electrons. The van der Waals surface area contributed by atoms with Gasteiger partial charge in [-0.25, -0.2) is 9.18 Å². The van der Waals surface area contributed by atoms with Crippen molar-refractivity contribution in [3.8, 4) is 17.6 Å². The van der Waals surface area contributed by atoms with Crippen molar-refractivity contribution in [3.63, 3.8) is 0 Å². The van der Waals surface area contributed by atoms with Crippen molar-refractivity contribution in [2.75, 3.05) is 6.61 Å². The molecular weight excluding hydrogens is 381 g/mol. The second-order valence-electron chi connectivity index (χ2n) is 7.96. The number of nitriles is 1. The SMILES string of the molecule is CC[C@H]1CC[C@H](CCCOc2ccc(C(=O)Oc3ccc(C#N)cc3F)cc2)CC1. The van der Waals surface area contributed by atoms with Gasteiger partial charge in [-0.2, -0.15) is 5.26 Å². The predicted molar refractivity (Wildman–Crippen MR) is 113 cm³/mol. The predicted octanol–water partition coefficient (Wildman–Crippen LogP) is 6.29. The molecule has 1 aliphatic carbocycles. The van der Waals surface area contributed by atoms with E-state index in [0.29, 0.717) is 17.9 Å². The van der Waals surface area contributed by atoms with Crippen molar-refractivity contribution in [2.45, 2.75) is 51.9 Å². The Morgan fingerprint density at radius 1 is 1.10 bits per heavy atom. The van der Waals surface area contributed by atoms with Gasteiger partial charge in [-0.3, -0.25) is 0 Å². The van der Waals surface area contributed by atoms with Crippen LogP contribution in [-0.2, 0) is 0 Å². The topological polar surface area (TPSA) is 59.3 Å². The van der Waals surface area contributed by atoms with Crippen LogP contribution in [0, 0.1) is 29.0 Å². The Morgan fingerprint density at radius 2 is 1.80 bits per heavy atom. The van der Waals surface area contributed by atoms with E-state index in [1.807, 2.05) is 6.07 Å². The van der Waals surface area contributed by atoms with E-state index >= 15 is 0 Å². The van der Waals surface area contributed by atoms with Crippen molar-refractivity contribution in [1.29, 1.82) is 5.26 Å². The molecule has 0 spiro atoms. The van der Waals surface area contributed by atoms with E-state index in [0.717, 1.165) is 24.3 Å². The first-order chi connectivity index (χ1) is 14.6. The fourth-order valence-corrected chi connectivity index (χ4v) is 3.99. The highest BCUT2D eigenvalue weighted by Gasteiger charge is 2.19. The highest BCUT2D eigenvalue weighted by Crippen LogP contribution is 2.33. The molecule has 2 aromatic rings. The van der Waals surface area contributed by atoms with E-state index in [-0.39, 0.29) is 11.3 Å². The largest absolute Gasteiger partial charge is 0.494 e. The number of ether oxygens (including phenoxy) is 2. The number of hydrogen-bond donors (Lipinski definition) is 0. The van der Waals surface area contributed by atoms with Crippen molar-refractivity contribution in [3.05, 3.63) is 59.4 Å². The Morgan fingerprint density at radius 3 is 2.43 bits per heavy atom. The van der Waals surface area contributed by atoms with E-state index in [9.17, 15) is 9.18 Å². The van der Waals surface area contributed by atoms with Gasteiger partial charge in [0.25, 0.3) is 0 Å². The van der Waals surface area contributed by atoms with E-state index in [2.05, 4.69) is 6.92 Å². The molecule has 0 amide bonds. The van der Waals surface area contributed by atoms with Gasteiger partial charge in [-0.1, -0.05) is 39.0 Å². The Hall–Kier alpha value is -2.87. The van der Waals surface area contributed by atoms with Crippen molar-refractivity contribution in [1.82, 2.24) is 0 Å². The van der Waals surface area contributed by atoms with E-state index in [4.69, 9.17) is 14.7 Å². The van der Waals surface area contributed by atoms with Gasteiger partial charge in [0.1, 0.15) is 5.75 Å². The summed E-state index contributed by atoms with van der Waals surface area (Å²) in [5, 5.41) is 8.77. The summed E-state index contributed by atoms with van der Waals surface area (Å²) in [5.74, 6) is 0.851. The van der Waals surface area contributed by atoms with Crippen LogP contribution < -0.4 is 9.47 Å². The number of nitrogens with zero attached hydrogens (tertiary/aromatic N) is 1. The smallest absolute Gasteiger partial charge is 0.343 e. The van der Waals surface area contributed by atoms with Crippen LogP contribution in [0.4, 0.5) is 4.39 Å². The molecule has 0 heterocycles. The maximum Gasteiger partial charge on any atom is 0.343 e. The Labute approximate surface area is 177 Å². The maximum atomic E-state index is 13.9.